The van der Waals surface area contributed by atoms with Gasteiger partial charge in [0, 0.05) is 6.42 Å². The van der Waals surface area contributed by atoms with Gasteiger partial charge in [-0.2, -0.15) is 4.98 Å². The molecule has 2 heterocycles. The number of nitrogens with zero attached hydrogens (tertiary/aromatic N) is 2. The lowest BCUT2D eigenvalue weighted by atomic mass is 9.72. The summed E-state index contributed by atoms with van der Waals surface area (Å²) in [6, 6.07) is 4.00. The Hall–Kier alpha value is -0.720. The summed E-state index contributed by atoms with van der Waals surface area (Å²) in [6.45, 7) is 0.704. The van der Waals surface area contributed by atoms with Gasteiger partial charge in [0.2, 0.25) is 11.7 Å². The van der Waals surface area contributed by atoms with E-state index in [4.69, 9.17) is 10.3 Å². The van der Waals surface area contributed by atoms with Gasteiger partial charge < -0.3 is 10.3 Å². The van der Waals surface area contributed by atoms with Crippen LogP contribution in [0.5, 0.6) is 0 Å². The molecule has 1 aliphatic rings. The lowest BCUT2D eigenvalue weighted by Crippen LogP contribution is -2.35. The lowest BCUT2D eigenvalue weighted by Gasteiger charge is -2.34. The van der Waals surface area contributed by atoms with Gasteiger partial charge in [0.1, 0.15) is 0 Å². The number of rotatable bonds is 4. The van der Waals surface area contributed by atoms with Crippen molar-refractivity contribution in [3.63, 3.8) is 0 Å². The van der Waals surface area contributed by atoms with Gasteiger partial charge in [-0.3, -0.25) is 0 Å². The highest BCUT2D eigenvalue weighted by Crippen LogP contribution is 2.38. The summed E-state index contributed by atoms with van der Waals surface area (Å²) in [5.41, 5.74) is 6.18. The quantitative estimate of drug-likeness (QED) is 0.899. The SMILES string of the molecule is NCC1(Cc2nc(-c3ccc(Br)s3)no2)CCCCC1. The molecule has 1 saturated carbocycles. The molecule has 0 amide bonds. The molecule has 20 heavy (non-hydrogen) atoms. The highest BCUT2D eigenvalue weighted by atomic mass is 79.9. The Morgan fingerprint density at radius 3 is 2.75 bits per heavy atom. The number of aromatic nitrogens is 2. The van der Waals surface area contributed by atoms with Crippen LogP contribution < -0.4 is 5.73 Å². The third-order valence-corrected chi connectivity index (χ3v) is 5.75. The first-order valence-corrected chi connectivity index (χ1v) is 8.60. The number of hydrogen-bond donors (Lipinski definition) is 1. The van der Waals surface area contributed by atoms with Crippen molar-refractivity contribution < 1.29 is 4.52 Å². The second-order valence-electron chi connectivity index (χ2n) is 5.56. The molecule has 0 bridgehead atoms. The minimum Gasteiger partial charge on any atom is -0.339 e. The summed E-state index contributed by atoms with van der Waals surface area (Å²) in [6.07, 6.45) is 6.99. The summed E-state index contributed by atoms with van der Waals surface area (Å²) >= 11 is 5.06. The fraction of sp³-hybridized carbons (Fsp3) is 0.571. The van der Waals surface area contributed by atoms with Crippen molar-refractivity contribution in [2.75, 3.05) is 6.54 Å². The smallest absolute Gasteiger partial charge is 0.227 e. The molecule has 3 rings (SSSR count). The summed E-state index contributed by atoms with van der Waals surface area (Å²) in [5, 5.41) is 4.09. The maximum absolute atomic E-state index is 6.01. The van der Waals surface area contributed by atoms with Crippen molar-refractivity contribution in [3.8, 4) is 10.7 Å². The average Bonchev–Trinajstić information content (AvgIpc) is 3.09. The van der Waals surface area contributed by atoms with Crippen LogP contribution >= 0.6 is 27.3 Å². The molecule has 4 nitrogen and oxygen atoms in total. The highest BCUT2D eigenvalue weighted by Gasteiger charge is 2.33. The summed E-state index contributed by atoms with van der Waals surface area (Å²) in [7, 11) is 0. The Bertz CT molecular complexity index is 574. The van der Waals surface area contributed by atoms with Gasteiger partial charge in [-0.15, -0.1) is 11.3 Å². The second-order valence-corrected chi connectivity index (χ2v) is 8.02. The Kier molecular flexibility index (Phi) is 4.23. The molecule has 6 heteroatoms. The molecular weight excluding hydrogens is 338 g/mol. The zero-order chi connectivity index (χ0) is 14.0. The number of hydrogen-bond acceptors (Lipinski definition) is 5. The first kappa shape index (κ1) is 14.2. The minimum absolute atomic E-state index is 0.165. The van der Waals surface area contributed by atoms with E-state index in [1.54, 1.807) is 11.3 Å². The van der Waals surface area contributed by atoms with Crippen LogP contribution in [0.1, 0.15) is 38.0 Å². The predicted octanol–water partition coefficient (Wildman–Crippen LogP) is 4.01. The second kappa shape index (κ2) is 5.95. The van der Waals surface area contributed by atoms with Crippen molar-refractivity contribution in [3.05, 3.63) is 21.8 Å². The third-order valence-electron chi connectivity index (χ3n) is 4.14. The highest BCUT2D eigenvalue weighted by molar-refractivity contribution is 9.11. The molecule has 0 spiro atoms. The summed E-state index contributed by atoms with van der Waals surface area (Å²) in [5.74, 6) is 1.40. The van der Waals surface area contributed by atoms with Gasteiger partial charge in [-0.05, 0) is 52.9 Å². The zero-order valence-electron chi connectivity index (χ0n) is 11.3. The van der Waals surface area contributed by atoms with Gasteiger partial charge in [0.05, 0.1) is 8.66 Å². The third kappa shape index (κ3) is 2.97. The van der Waals surface area contributed by atoms with Crippen molar-refractivity contribution >= 4 is 27.3 Å². The van der Waals surface area contributed by atoms with Crippen molar-refractivity contribution in [1.82, 2.24) is 10.1 Å². The van der Waals surface area contributed by atoms with Gasteiger partial charge in [0.15, 0.2) is 0 Å². The molecule has 2 aromatic rings. The van der Waals surface area contributed by atoms with Crippen LogP contribution in [-0.2, 0) is 6.42 Å². The molecule has 1 fully saturated rings. The first-order valence-electron chi connectivity index (χ1n) is 6.99. The van der Waals surface area contributed by atoms with E-state index in [0.29, 0.717) is 12.4 Å². The van der Waals surface area contributed by atoms with Crippen LogP contribution in [0.3, 0.4) is 0 Å². The largest absolute Gasteiger partial charge is 0.339 e. The molecular formula is C14H18BrN3OS. The van der Waals surface area contributed by atoms with Gasteiger partial charge >= 0.3 is 0 Å². The lowest BCUT2D eigenvalue weighted by molar-refractivity contribution is 0.177. The normalized spacial score (nSPS) is 18.3. The minimum atomic E-state index is 0.165. The molecule has 1 aliphatic carbocycles. The van der Waals surface area contributed by atoms with Gasteiger partial charge in [-0.25, -0.2) is 0 Å². The number of halogens is 1. The molecule has 0 unspecified atom stereocenters. The molecule has 0 atom stereocenters. The Morgan fingerprint density at radius 1 is 1.30 bits per heavy atom. The molecule has 2 aromatic heterocycles. The van der Waals surface area contributed by atoms with E-state index in [-0.39, 0.29) is 5.41 Å². The maximum atomic E-state index is 6.01. The van der Waals surface area contributed by atoms with Gasteiger partial charge in [0.25, 0.3) is 0 Å². The molecule has 0 aromatic carbocycles. The predicted molar refractivity (Wildman–Crippen MR) is 83.6 cm³/mol. The average molecular weight is 356 g/mol. The van der Waals surface area contributed by atoms with E-state index in [1.807, 2.05) is 12.1 Å². The van der Waals surface area contributed by atoms with Crippen LogP contribution in [0.4, 0.5) is 0 Å². The van der Waals surface area contributed by atoms with Crippen LogP contribution in [0.25, 0.3) is 10.7 Å². The van der Waals surface area contributed by atoms with E-state index < -0.39 is 0 Å². The molecule has 0 aliphatic heterocycles. The summed E-state index contributed by atoms with van der Waals surface area (Å²) < 4.78 is 6.51. The van der Waals surface area contributed by atoms with E-state index in [0.717, 1.165) is 21.0 Å². The maximum Gasteiger partial charge on any atom is 0.227 e. The van der Waals surface area contributed by atoms with Crippen molar-refractivity contribution in [2.24, 2.45) is 11.1 Å². The van der Waals surface area contributed by atoms with Gasteiger partial charge in [-0.1, -0.05) is 24.4 Å². The Labute approximate surface area is 130 Å². The first-order chi connectivity index (χ1) is 9.71. The monoisotopic (exact) mass is 355 g/mol. The standard InChI is InChI=1S/C14H18BrN3OS/c15-11-5-4-10(20-11)13-17-12(19-18-13)8-14(9-16)6-2-1-3-7-14/h4-5H,1-3,6-9,16H2. The van der Waals surface area contributed by atoms with E-state index in [1.165, 1.54) is 32.1 Å². The topological polar surface area (TPSA) is 64.9 Å². The number of nitrogens with two attached hydrogens (primary N) is 1. The zero-order valence-corrected chi connectivity index (χ0v) is 13.7. The fourth-order valence-corrected chi connectivity index (χ4v) is 4.25. The van der Waals surface area contributed by atoms with Crippen LogP contribution in [-0.4, -0.2) is 16.7 Å². The van der Waals surface area contributed by atoms with E-state index in [9.17, 15) is 0 Å². The Morgan fingerprint density at radius 2 is 2.10 bits per heavy atom. The van der Waals surface area contributed by atoms with E-state index in [2.05, 4.69) is 26.1 Å². The van der Waals surface area contributed by atoms with E-state index >= 15 is 0 Å². The molecule has 0 saturated heterocycles. The van der Waals surface area contributed by atoms with Crippen molar-refractivity contribution in [2.45, 2.75) is 38.5 Å². The summed E-state index contributed by atoms with van der Waals surface area (Å²) in [4.78, 5) is 5.56. The number of thiophene rings is 1. The molecule has 0 radical (unpaired) electrons. The fourth-order valence-electron chi connectivity index (χ4n) is 2.94. The molecule has 108 valence electrons. The van der Waals surface area contributed by atoms with Crippen LogP contribution in [0.15, 0.2) is 20.4 Å². The van der Waals surface area contributed by atoms with Crippen LogP contribution in [0.2, 0.25) is 0 Å². The Balaban J connectivity index is 1.76. The van der Waals surface area contributed by atoms with Crippen LogP contribution in [0, 0.1) is 5.41 Å². The molecule has 2 N–H and O–H groups in total. The van der Waals surface area contributed by atoms with Crippen molar-refractivity contribution in [1.29, 1.82) is 0 Å².